The highest BCUT2D eigenvalue weighted by Crippen LogP contribution is 2.35. The number of benzene rings is 2. The van der Waals surface area contributed by atoms with Crippen LogP contribution in [0.1, 0.15) is 31.1 Å². The van der Waals surface area contributed by atoms with E-state index in [0.29, 0.717) is 22.1 Å². The molecule has 1 heterocycles. The summed E-state index contributed by atoms with van der Waals surface area (Å²) in [5.74, 6) is 1.19. The number of nitrogens with zero attached hydrogens (tertiary/aromatic N) is 1. The highest BCUT2D eigenvalue weighted by molar-refractivity contribution is 7.22. The number of hydrogen-bond donors (Lipinski definition) is 3. The molecular weight excluding hydrogens is 410 g/mol. The average molecular weight is 434 g/mol. The molecule has 3 unspecified atom stereocenters. The van der Waals surface area contributed by atoms with Gasteiger partial charge in [-0.25, -0.2) is 4.98 Å². The van der Waals surface area contributed by atoms with E-state index in [0.717, 1.165) is 34.6 Å². The minimum Gasteiger partial charge on any atom is -0.496 e. The van der Waals surface area contributed by atoms with E-state index in [1.807, 2.05) is 36.4 Å². The number of methoxy groups -OCH3 is 2. The van der Waals surface area contributed by atoms with Crippen LogP contribution in [0.25, 0.3) is 10.2 Å². The van der Waals surface area contributed by atoms with Gasteiger partial charge in [0.15, 0.2) is 5.13 Å². The Morgan fingerprint density at radius 3 is 2.59 bits per heavy atom. The van der Waals surface area contributed by atoms with Crippen molar-refractivity contribution in [3.8, 4) is 11.5 Å². The van der Waals surface area contributed by atoms with E-state index in [1.165, 1.54) is 0 Å². The second-order valence-corrected chi connectivity index (χ2v) is 8.53. The van der Waals surface area contributed by atoms with Crippen LogP contribution < -0.4 is 20.1 Å². The van der Waals surface area contributed by atoms with Gasteiger partial charge in [0, 0.05) is 17.1 Å². The predicted molar refractivity (Wildman–Crippen MR) is 117 cm³/mol. The lowest BCUT2D eigenvalue weighted by Gasteiger charge is -2.26. The molecule has 0 radical (unpaired) electrons. The molecule has 0 spiro atoms. The minimum atomic E-state index is -0.900. The maximum atomic E-state index is 10.9. The van der Waals surface area contributed by atoms with Crippen LogP contribution in [0, 0.1) is 0 Å². The Hall–Kier alpha value is -2.06. The first-order valence-electron chi connectivity index (χ1n) is 9.56. The predicted octanol–water partition coefficient (Wildman–Crippen LogP) is 4.58. The number of aliphatic hydroxyl groups is 1. The number of rotatable bonds is 7. The number of aliphatic hydroxyl groups excluding tert-OH is 1. The van der Waals surface area contributed by atoms with E-state index >= 15 is 0 Å². The zero-order valence-corrected chi connectivity index (χ0v) is 17.9. The molecule has 8 heteroatoms. The second-order valence-electron chi connectivity index (χ2n) is 7.06. The van der Waals surface area contributed by atoms with Crippen LogP contribution in [0.2, 0.25) is 5.02 Å². The van der Waals surface area contributed by atoms with Gasteiger partial charge < -0.3 is 19.9 Å². The van der Waals surface area contributed by atoms with Gasteiger partial charge in [-0.2, -0.15) is 0 Å². The van der Waals surface area contributed by atoms with Crippen molar-refractivity contribution < 1.29 is 14.6 Å². The highest BCUT2D eigenvalue weighted by Gasteiger charge is 2.31. The lowest BCUT2D eigenvalue weighted by atomic mass is 10.1. The smallest absolute Gasteiger partial charge is 0.184 e. The quantitative estimate of drug-likeness (QED) is 0.473. The molecule has 1 aliphatic carbocycles. The maximum absolute atomic E-state index is 10.9. The first kappa shape index (κ1) is 20.2. The van der Waals surface area contributed by atoms with Gasteiger partial charge in [-0.15, -0.1) is 0 Å². The van der Waals surface area contributed by atoms with Gasteiger partial charge in [-0.05, 0) is 49.6 Å². The fraction of sp³-hybridized carbons (Fsp3) is 0.381. The Morgan fingerprint density at radius 1 is 1.14 bits per heavy atom. The molecule has 154 valence electrons. The zero-order valence-electron chi connectivity index (χ0n) is 16.3. The van der Waals surface area contributed by atoms with Crippen molar-refractivity contribution in [1.82, 2.24) is 10.3 Å². The third-order valence-corrected chi connectivity index (χ3v) is 6.47. The summed E-state index contributed by atoms with van der Waals surface area (Å²) in [4.78, 5) is 4.66. The van der Waals surface area contributed by atoms with Crippen LogP contribution in [0.4, 0.5) is 5.13 Å². The molecule has 29 heavy (non-hydrogen) atoms. The zero-order chi connectivity index (χ0) is 20.4. The molecule has 0 amide bonds. The largest absolute Gasteiger partial charge is 0.496 e. The van der Waals surface area contributed by atoms with Crippen molar-refractivity contribution >= 4 is 38.3 Å². The molecule has 2 aromatic carbocycles. The molecule has 3 aromatic rings. The Bertz CT molecular complexity index is 974. The summed E-state index contributed by atoms with van der Waals surface area (Å²) in [5.41, 5.74) is 1.54. The Labute approximate surface area is 178 Å². The van der Waals surface area contributed by atoms with Crippen LogP contribution in [0.3, 0.4) is 0 Å². The third kappa shape index (κ3) is 4.28. The van der Waals surface area contributed by atoms with Crippen molar-refractivity contribution in [2.24, 2.45) is 0 Å². The molecular formula is C21H24ClN3O3S. The minimum absolute atomic E-state index is 0.0928. The number of nitrogens with one attached hydrogen (secondary N) is 2. The van der Waals surface area contributed by atoms with Gasteiger partial charge in [0.25, 0.3) is 0 Å². The number of ether oxygens (including phenoxy) is 2. The fourth-order valence-electron chi connectivity index (χ4n) is 3.89. The summed E-state index contributed by atoms with van der Waals surface area (Å²) in [5, 5.41) is 19.4. The number of aromatic nitrogens is 1. The number of fused-ring (bicyclic) bond motifs is 1. The third-order valence-electron chi connectivity index (χ3n) is 5.29. The molecule has 3 atom stereocenters. The van der Waals surface area contributed by atoms with Crippen LogP contribution in [0.5, 0.6) is 11.5 Å². The van der Waals surface area contributed by atoms with Gasteiger partial charge in [-0.1, -0.05) is 29.0 Å². The normalized spacial score (nSPS) is 20.0. The van der Waals surface area contributed by atoms with E-state index in [2.05, 4.69) is 15.6 Å². The summed E-state index contributed by atoms with van der Waals surface area (Å²) in [7, 11) is 3.18. The molecule has 3 N–H and O–H groups in total. The summed E-state index contributed by atoms with van der Waals surface area (Å²) < 4.78 is 11.9. The first-order chi connectivity index (χ1) is 14.1. The summed E-state index contributed by atoms with van der Waals surface area (Å²) in [6, 6.07) is 11.5. The highest BCUT2D eigenvalue weighted by atomic mass is 35.5. The molecule has 1 aromatic heterocycles. The number of anilines is 1. The average Bonchev–Trinajstić information content (AvgIpc) is 3.33. The molecule has 0 bridgehead atoms. The van der Waals surface area contributed by atoms with Gasteiger partial charge in [0.2, 0.25) is 0 Å². The van der Waals surface area contributed by atoms with Crippen molar-refractivity contribution in [3.63, 3.8) is 0 Å². The molecule has 0 saturated heterocycles. The van der Waals surface area contributed by atoms with E-state index in [4.69, 9.17) is 21.1 Å². The van der Waals surface area contributed by atoms with Crippen LogP contribution in [-0.4, -0.2) is 36.4 Å². The van der Waals surface area contributed by atoms with E-state index < -0.39 is 6.23 Å². The van der Waals surface area contributed by atoms with Crippen molar-refractivity contribution in [1.29, 1.82) is 0 Å². The van der Waals surface area contributed by atoms with E-state index in [-0.39, 0.29) is 12.1 Å². The Morgan fingerprint density at radius 2 is 1.86 bits per heavy atom. The molecule has 1 fully saturated rings. The standard InChI is InChI=1S/C21H24ClN3O3S/c1-27-16-7-4-8-17(28-2)19(16)20(26)23-13-5-3-6-14(13)24-21-25-15-10-9-12(22)11-18(15)29-21/h4,7-11,13-14,20,23,26H,3,5-6H2,1-2H3,(H,24,25). The fourth-order valence-corrected chi connectivity index (χ4v) is 5.09. The Balaban J connectivity index is 1.50. The van der Waals surface area contributed by atoms with Crippen molar-refractivity contribution in [2.75, 3.05) is 19.5 Å². The van der Waals surface area contributed by atoms with Crippen LogP contribution in [0.15, 0.2) is 36.4 Å². The van der Waals surface area contributed by atoms with Crippen LogP contribution in [-0.2, 0) is 0 Å². The topological polar surface area (TPSA) is 75.6 Å². The van der Waals surface area contributed by atoms with Crippen molar-refractivity contribution in [3.05, 3.63) is 47.0 Å². The number of halogens is 1. The number of hydrogen-bond acceptors (Lipinski definition) is 7. The van der Waals surface area contributed by atoms with Crippen LogP contribution >= 0.6 is 22.9 Å². The molecule has 1 aliphatic rings. The van der Waals surface area contributed by atoms with Gasteiger partial charge in [0.1, 0.15) is 17.7 Å². The maximum Gasteiger partial charge on any atom is 0.184 e. The lowest BCUT2D eigenvalue weighted by molar-refractivity contribution is 0.115. The van der Waals surface area contributed by atoms with Gasteiger partial charge >= 0.3 is 0 Å². The first-order valence-corrected chi connectivity index (χ1v) is 10.8. The SMILES string of the molecule is COc1cccc(OC)c1C(O)NC1CCCC1Nc1nc2ccc(Cl)cc2s1. The molecule has 6 nitrogen and oxygen atoms in total. The molecule has 4 rings (SSSR count). The molecule has 0 aliphatic heterocycles. The summed E-state index contributed by atoms with van der Waals surface area (Å²) in [6.07, 6.45) is 2.14. The monoisotopic (exact) mass is 433 g/mol. The lowest BCUT2D eigenvalue weighted by Crippen LogP contribution is -2.42. The van der Waals surface area contributed by atoms with E-state index in [9.17, 15) is 5.11 Å². The number of thiazole rings is 1. The molecule has 1 saturated carbocycles. The second kappa shape index (κ2) is 8.75. The van der Waals surface area contributed by atoms with E-state index in [1.54, 1.807) is 25.6 Å². The summed E-state index contributed by atoms with van der Waals surface area (Å²) in [6.45, 7) is 0. The van der Waals surface area contributed by atoms with Crippen molar-refractivity contribution in [2.45, 2.75) is 37.6 Å². The Kier molecular flexibility index (Phi) is 6.10. The summed E-state index contributed by atoms with van der Waals surface area (Å²) >= 11 is 7.68. The van der Waals surface area contributed by atoms with Gasteiger partial charge in [-0.3, -0.25) is 5.32 Å². The van der Waals surface area contributed by atoms with Gasteiger partial charge in [0.05, 0.1) is 30.0 Å².